The van der Waals surface area contributed by atoms with Crippen molar-refractivity contribution >= 4 is 11.6 Å². The van der Waals surface area contributed by atoms with Crippen LogP contribution in [0.2, 0.25) is 5.02 Å². The molecule has 20 heavy (non-hydrogen) atoms. The molecule has 1 aromatic rings. The standard InChI is InChI=1S/C16H24ClFN2/c1-13-5-2-3-9-20(13)10-4-8-19-12-14-6-7-16(18)15(17)11-14/h6-7,11,13,19H,2-5,8-10,12H2,1H3. The van der Waals surface area contributed by atoms with Gasteiger partial charge in [0, 0.05) is 12.6 Å². The van der Waals surface area contributed by atoms with Gasteiger partial charge in [-0.05, 0) is 63.5 Å². The fourth-order valence-corrected chi connectivity index (χ4v) is 2.98. The Balaban J connectivity index is 1.62. The van der Waals surface area contributed by atoms with Crippen LogP contribution < -0.4 is 5.32 Å². The Bertz CT molecular complexity index is 425. The van der Waals surface area contributed by atoms with Crippen LogP contribution >= 0.6 is 11.6 Å². The lowest BCUT2D eigenvalue weighted by Crippen LogP contribution is -2.38. The van der Waals surface area contributed by atoms with Gasteiger partial charge >= 0.3 is 0 Å². The zero-order chi connectivity index (χ0) is 14.4. The number of nitrogens with zero attached hydrogens (tertiary/aromatic N) is 1. The molecule has 1 atom stereocenters. The molecule has 0 bridgehead atoms. The van der Waals surface area contributed by atoms with E-state index in [9.17, 15) is 4.39 Å². The molecule has 0 saturated carbocycles. The van der Waals surface area contributed by atoms with Gasteiger partial charge in [0.15, 0.2) is 0 Å². The molecule has 0 radical (unpaired) electrons. The molecule has 1 heterocycles. The third-order valence-corrected chi connectivity index (χ3v) is 4.34. The first-order chi connectivity index (χ1) is 9.66. The summed E-state index contributed by atoms with van der Waals surface area (Å²) >= 11 is 5.76. The van der Waals surface area contributed by atoms with Crippen LogP contribution in [-0.4, -0.2) is 30.6 Å². The molecule has 4 heteroatoms. The van der Waals surface area contributed by atoms with Crippen LogP contribution in [0.4, 0.5) is 4.39 Å². The zero-order valence-electron chi connectivity index (χ0n) is 12.2. The van der Waals surface area contributed by atoms with E-state index >= 15 is 0 Å². The monoisotopic (exact) mass is 298 g/mol. The van der Waals surface area contributed by atoms with E-state index in [-0.39, 0.29) is 10.8 Å². The van der Waals surface area contributed by atoms with E-state index in [0.717, 1.165) is 31.1 Å². The summed E-state index contributed by atoms with van der Waals surface area (Å²) in [6, 6.07) is 5.63. The highest BCUT2D eigenvalue weighted by Crippen LogP contribution is 2.17. The van der Waals surface area contributed by atoms with Crippen LogP contribution in [-0.2, 0) is 6.54 Å². The number of likely N-dealkylation sites (tertiary alicyclic amines) is 1. The summed E-state index contributed by atoms with van der Waals surface area (Å²) in [5.41, 5.74) is 1.03. The summed E-state index contributed by atoms with van der Waals surface area (Å²) < 4.78 is 13.0. The van der Waals surface area contributed by atoms with Crippen LogP contribution in [0, 0.1) is 5.82 Å². The van der Waals surface area contributed by atoms with Crippen LogP contribution in [0.3, 0.4) is 0 Å². The predicted octanol–water partition coefficient (Wildman–Crippen LogP) is 3.83. The molecule has 1 unspecified atom stereocenters. The number of hydrogen-bond donors (Lipinski definition) is 1. The molecule has 1 N–H and O–H groups in total. The normalized spacial score (nSPS) is 20.2. The molecule has 1 aromatic carbocycles. The van der Waals surface area contributed by atoms with Crippen molar-refractivity contribution in [2.45, 2.75) is 45.2 Å². The van der Waals surface area contributed by atoms with Crippen molar-refractivity contribution in [3.05, 3.63) is 34.6 Å². The van der Waals surface area contributed by atoms with Crippen molar-refractivity contribution in [3.63, 3.8) is 0 Å². The molecule has 2 nitrogen and oxygen atoms in total. The molecule has 0 aliphatic carbocycles. The summed E-state index contributed by atoms with van der Waals surface area (Å²) in [4.78, 5) is 2.58. The highest BCUT2D eigenvalue weighted by molar-refractivity contribution is 6.30. The summed E-state index contributed by atoms with van der Waals surface area (Å²) in [7, 11) is 0. The van der Waals surface area contributed by atoms with Crippen molar-refractivity contribution < 1.29 is 4.39 Å². The van der Waals surface area contributed by atoms with Crippen LogP contribution in [0.25, 0.3) is 0 Å². The lowest BCUT2D eigenvalue weighted by Gasteiger charge is -2.33. The fraction of sp³-hybridized carbons (Fsp3) is 0.625. The first-order valence-electron chi connectivity index (χ1n) is 7.55. The Labute approximate surface area is 126 Å². The highest BCUT2D eigenvalue weighted by atomic mass is 35.5. The smallest absolute Gasteiger partial charge is 0.141 e. The first kappa shape index (κ1) is 15.7. The second-order valence-electron chi connectivity index (χ2n) is 5.66. The molecule has 0 aromatic heterocycles. The average Bonchev–Trinajstić information content (AvgIpc) is 2.44. The first-order valence-corrected chi connectivity index (χ1v) is 7.93. The number of hydrogen-bond acceptors (Lipinski definition) is 2. The molecule has 112 valence electrons. The molecule has 1 saturated heterocycles. The minimum atomic E-state index is -0.352. The number of halogens is 2. The number of benzene rings is 1. The summed E-state index contributed by atoms with van der Waals surface area (Å²) in [6.45, 7) is 6.47. The van der Waals surface area contributed by atoms with Crippen molar-refractivity contribution in [2.75, 3.05) is 19.6 Å². The Morgan fingerprint density at radius 3 is 3.00 bits per heavy atom. The number of piperidine rings is 1. The van der Waals surface area contributed by atoms with E-state index in [1.54, 1.807) is 12.1 Å². The second-order valence-corrected chi connectivity index (χ2v) is 6.07. The maximum absolute atomic E-state index is 13.0. The molecule has 1 aliphatic heterocycles. The van der Waals surface area contributed by atoms with Crippen molar-refractivity contribution in [1.82, 2.24) is 10.2 Å². The lowest BCUT2D eigenvalue weighted by atomic mass is 10.0. The minimum Gasteiger partial charge on any atom is -0.313 e. The van der Waals surface area contributed by atoms with Crippen LogP contribution in [0.1, 0.15) is 38.2 Å². The average molecular weight is 299 g/mol. The third kappa shape index (κ3) is 4.72. The van der Waals surface area contributed by atoms with E-state index in [0.29, 0.717) is 0 Å². The van der Waals surface area contributed by atoms with Crippen LogP contribution in [0.5, 0.6) is 0 Å². The van der Waals surface area contributed by atoms with Crippen LogP contribution in [0.15, 0.2) is 18.2 Å². The lowest BCUT2D eigenvalue weighted by molar-refractivity contribution is 0.159. The third-order valence-electron chi connectivity index (χ3n) is 4.05. The number of nitrogens with one attached hydrogen (secondary N) is 1. The van der Waals surface area contributed by atoms with Gasteiger partial charge in [0.25, 0.3) is 0 Å². The van der Waals surface area contributed by atoms with E-state index in [1.165, 1.54) is 38.4 Å². The van der Waals surface area contributed by atoms with Gasteiger partial charge in [-0.2, -0.15) is 0 Å². The number of rotatable bonds is 6. The summed E-state index contributed by atoms with van der Waals surface area (Å²) in [5.74, 6) is -0.352. The molecular weight excluding hydrogens is 275 g/mol. The van der Waals surface area contributed by atoms with Gasteiger partial charge in [-0.1, -0.05) is 24.1 Å². The SMILES string of the molecule is CC1CCCCN1CCCNCc1ccc(F)c(Cl)c1. The van der Waals surface area contributed by atoms with E-state index in [2.05, 4.69) is 17.1 Å². The molecule has 1 aliphatic rings. The molecule has 2 rings (SSSR count). The Hall–Kier alpha value is -0.640. The van der Waals surface area contributed by atoms with E-state index in [1.807, 2.05) is 0 Å². The quantitative estimate of drug-likeness (QED) is 0.803. The van der Waals surface area contributed by atoms with Gasteiger partial charge in [0.05, 0.1) is 5.02 Å². The van der Waals surface area contributed by atoms with Gasteiger partial charge in [-0.15, -0.1) is 0 Å². The summed E-state index contributed by atoms with van der Waals surface area (Å²) in [6.07, 6.45) is 5.20. The van der Waals surface area contributed by atoms with E-state index in [4.69, 9.17) is 11.6 Å². The maximum atomic E-state index is 13.0. The molecular formula is C16H24ClFN2. The van der Waals surface area contributed by atoms with Crippen molar-refractivity contribution in [2.24, 2.45) is 0 Å². The Kier molecular flexibility index (Phi) is 6.27. The minimum absolute atomic E-state index is 0.200. The Morgan fingerprint density at radius 1 is 1.40 bits per heavy atom. The molecule has 1 fully saturated rings. The molecule has 0 spiro atoms. The van der Waals surface area contributed by atoms with Gasteiger partial charge in [-0.25, -0.2) is 4.39 Å². The van der Waals surface area contributed by atoms with Crippen molar-refractivity contribution in [3.8, 4) is 0 Å². The van der Waals surface area contributed by atoms with Gasteiger partial charge in [-0.3, -0.25) is 0 Å². The summed E-state index contributed by atoms with van der Waals surface area (Å²) in [5, 5.41) is 3.60. The zero-order valence-corrected chi connectivity index (χ0v) is 12.9. The topological polar surface area (TPSA) is 15.3 Å². The largest absolute Gasteiger partial charge is 0.313 e. The van der Waals surface area contributed by atoms with Crippen molar-refractivity contribution in [1.29, 1.82) is 0 Å². The Morgan fingerprint density at radius 2 is 2.25 bits per heavy atom. The van der Waals surface area contributed by atoms with E-state index < -0.39 is 0 Å². The predicted molar refractivity (Wildman–Crippen MR) is 82.6 cm³/mol. The fourth-order valence-electron chi connectivity index (χ4n) is 2.78. The second kappa shape index (κ2) is 7.96. The molecule has 0 amide bonds. The van der Waals surface area contributed by atoms with Gasteiger partial charge < -0.3 is 10.2 Å². The van der Waals surface area contributed by atoms with Gasteiger partial charge in [0.1, 0.15) is 5.82 Å². The highest BCUT2D eigenvalue weighted by Gasteiger charge is 2.16. The maximum Gasteiger partial charge on any atom is 0.141 e. The van der Waals surface area contributed by atoms with Gasteiger partial charge in [0.2, 0.25) is 0 Å².